The Hall–Kier alpha value is -0.790. The van der Waals surface area contributed by atoms with Gasteiger partial charge in [0.05, 0.1) is 5.69 Å². The zero-order chi connectivity index (χ0) is 9.30. The fourth-order valence-corrected chi connectivity index (χ4v) is 1.44. The van der Waals surface area contributed by atoms with Crippen LogP contribution in [0, 0.1) is 6.92 Å². The van der Waals surface area contributed by atoms with Crippen molar-refractivity contribution in [2.24, 2.45) is 0 Å². The van der Waals surface area contributed by atoms with Gasteiger partial charge in [0.15, 0.2) is 0 Å². The van der Waals surface area contributed by atoms with Crippen molar-refractivity contribution in [1.29, 1.82) is 0 Å². The first-order valence-electron chi connectivity index (χ1n) is 4.50. The summed E-state index contributed by atoms with van der Waals surface area (Å²) in [6.45, 7) is 10.6. The van der Waals surface area contributed by atoms with Gasteiger partial charge in [-0.05, 0) is 12.8 Å². The van der Waals surface area contributed by atoms with E-state index in [-0.39, 0.29) is 0 Å². The summed E-state index contributed by atoms with van der Waals surface area (Å²) in [4.78, 5) is 0. The number of hydrogen-bond acceptors (Lipinski definition) is 2. The van der Waals surface area contributed by atoms with E-state index in [9.17, 15) is 0 Å². The van der Waals surface area contributed by atoms with Crippen molar-refractivity contribution < 1.29 is 4.52 Å². The number of nitrogens with zero attached hydrogens (tertiary/aromatic N) is 1. The van der Waals surface area contributed by atoms with Crippen LogP contribution in [0.1, 0.15) is 56.5 Å². The monoisotopic (exact) mass is 167 g/mol. The fraction of sp³-hybridized carbons (Fsp3) is 0.700. The highest BCUT2D eigenvalue weighted by atomic mass is 16.5. The zero-order valence-electron chi connectivity index (χ0n) is 8.51. The molecule has 0 unspecified atom stereocenters. The van der Waals surface area contributed by atoms with Crippen LogP contribution in [0.5, 0.6) is 0 Å². The lowest BCUT2D eigenvalue weighted by Crippen LogP contribution is -1.92. The second-order valence-electron chi connectivity index (χ2n) is 3.87. The minimum absolute atomic E-state index is 0.435. The van der Waals surface area contributed by atoms with Crippen LogP contribution >= 0.6 is 0 Å². The van der Waals surface area contributed by atoms with Gasteiger partial charge in [-0.2, -0.15) is 0 Å². The molecular weight excluding hydrogens is 150 g/mol. The van der Waals surface area contributed by atoms with Crippen LogP contribution in [0.4, 0.5) is 0 Å². The Morgan fingerprint density at radius 1 is 1.08 bits per heavy atom. The predicted molar refractivity (Wildman–Crippen MR) is 49.4 cm³/mol. The highest BCUT2D eigenvalue weighted by Gasteiger charge is 2.16. The molecule has 68 valence electrons. The number of aromatic nitrogens is 1. The molecule has 0 radical (unpaired) electrons. The lowest BCUT2D eigenvalue weighted by molar-refractivity contribution is 0.363. The van der Waals surface area contributed by atoms with E-state index in [0.717, 1.165) is 11.5 Å². The molecule has 0 aliphatic heterocycles. The van der Waals surface area contributed by atoms with E-state index in [1.807, 2.05) is 0 Å². The van der Waals surface area contributed by atoms with Crippen LogP contribution in [0.3, 0.4) is 0 Å². The van der Waals surface area contributed by atoms with Crippen molar-refractivity contribution in [2.45, 2.75) is 46.5 Å². The van der Waals surface area contributed by atoms with Gasteiger partial charge in [-0.15, -0.1) is 0 Å². The van der Waals surface area contributed by atoms with Crippen molar-refractivity contribution in [2.75, 3.05) is 0 Å². The lowest BCUT2D eigenvalue weighted by atomic mass is 10.0. The highest BCUT2D eigenvalue weighted by molar-refractivity contribution is 5.25. The molecule has 0 spiro atoms. The second-order valence-corrected chi connectivity index (χ2v) is 3.87. The van der Waals surface area contributed by atoms with E-state index in [4.69, 9.17) is 4.52 Å². The molecule has 0 bridgehead atoms. The van der Waals surface area contributed by atoms with E-state index in [1.165, 1.54) is 5.56 Å². The Labute approximate surface area is 74.0 Å². The van der Waals surface area contributed by atoms with Gasteiger partial charge in [-0.3, -0.25) is 0 Å². The lowest BCUT2D eigenvalue weighted by Gasteiger charge is -2.01. The molecular formula is C10H17NO. The molecule has 0 saturated carbocycles. The van der Waals surface area contributed by atoms with Crippen molar-refractivity contribution in [3.63, 3.8) is 0 Å². The third-order valence-corrected chi connectivity index (χ3v) is 2.07. The summed E-state index contributed by atoms with van der Waals surface area (Å²) >= 11 is 0. The largest absolute Gasteiger partial charge is 0.361 e. The Morgan fingerprint density at radius 3 is 1.92 bits per heavy atom. The van der Waals surface area contributed by atoms with Crippen LogP contribution in [-0.2, 0) is 0 Å². The van der Waals surface area contributed by atoms with Gasteiger partial charge in [0.25, 0.3) is 0 Å². The molecule has 0 N–H and O–H groups in total. The third-order valence-electron chi connectivity index (χ3n) is 2.07. The van der Waals surface area contributed by atoms with Gasteiger partial charge in [0.2, 0.25) is 0 Å². The quantitative estimate of drug-likeness (QED) is 0.675. The van der Waals surface area contributed by atoms with Gasteiger partial charge in [0.1, 0.15) is 5.76 Å². The summed E-state index contributed by atoms with van der Waals surface area (Å²) in [7, 11) is 0. The molecule has 1 aromatic heterocycles. The first-order chi connectivity index (χ1) is 5.54. The summed E-state index contributed by atoms with van der Waals surface area (Å²) in [5, 5.41) is 4.06. The third kappa shape index (κ3) is 1.52. The average Bonchev–Trinajstić information content (AvgIpc) is 2.30. The summed E-state index contributed by atoms with van der Waals surface area (Å²) in [6.07, 6.45) is 0. The molecule has 0 aliphatic rings. The molecule has 12 heavy (non-hydrogen) atoms. The minimum Gasteiger partial charge on any atom is -0.361 e. The van der Waals surface area contributed by atoms with Crippen molar-refractivity contribution in [3.05, 3.63) is 17.0 Å². The number of rotatable bonds is 2. The molecule has 0 saturated heterocycles. The van der Waals surface area contributed by atoms with Gasteiger partial charge in [-0.25, -0.2) is 0 Å². The van der Waals surface area contributed by atoms with Crippen molar-refractivity contribution in [1.82, 2.24) is 5.16 Å². The predicted octanol–water partition coefficient (Wildman–Crippen LogP) is 3.23. The Morgan fingerprint density at radius 2 is 1.67 bits per heavy atom. The molecule has 1 rings (SSSR count). The average molecular weight is 167 g/mol. The second kappa shape index (κ2) is 3.30. The van der Waals surface area contributed by atoms with Crippen LogP contribution in [0.2, 0.25) is 0 Å². The molecule has 0 aliphatic carbocycles. The zero-order valence-corrected chi connectivity index (χ0v) is 8.51. The summed E-state index contributed by atoms with van der Waals surface area (Å²) < 4.78 is 5.27. The molecule has 0 fully saturated rings. The van der Waals surface area contributed by atoms with Crippen LogP contribution in [-0.4, -0.2) is 5.16 Å². The smallest absolute Gasteiger partial charge is 0.142 e. The normalized spacial score (nSPS) is 11.6. The maximum atomic E-state index is 5.27. The molecule has 0 atom stereocenters. The van der Waals surface area contributed by atoms with Crippen LogP contribution in [0.25, 0.3) is 0 Å². The van der Waals surface area contributed by atoms with E-state index in [0.29, 0.717) is 11.8 Å². The van der Waals surface area contributed by atoms with Crippen molar-refractivity contribution >= 4 is 0 Å². The molecule has 1 aromatic rings. The first-order valence-corrected chi connectivity index (χ1v) is 4.50. The van der Waals surface area contributed by atoms with Gasteiger partial charge in [0, 0.05) is 11.5 Å². The van der Waals surface area contributed by atoms with Gasteiger partial charge < -0.3 is 4.52 Å². The molecule has 2 heteroatoms. The van der Waals surface area contributed by atoms with E-state index < -0.39 is 0 Å². The Kier molecular flexibility index (Phi) is 2.55. The maximum Gasteiger partial charge on any atom is 0.142 e. The van der Waals surface area contributed by atoms with E-state index in [1.54, 1.807) is 0 Å². The first kappa shape index (κ1) is 9.30. The summed E-state index contributed by atoms with van der Waals surface area (Å²) in [6, 6.07) is 0. The van der Waals surface area contributed by atoms with Gasteiger partial charge >= 0.3 is 0 Å². The fourth-order valence-electron chi connectivity index (χ4n) is 1.44. The maximum absolute atomic E-state index is 5.27. The summed E-state index contributed by atoms with van der Waals surface area (Å²) in [5.41, 5.74) is 2.32. The summed E-state index contributed by atoms with van der Waals surface area (Å²) in [5.74, 6) is 1.92. The standard InChI is InChI=1S/C10H17NO/c1-6(2)9-8(5)10(7(3)4)12-11-9/h6-7H,1-5H3. The molecule has 1 heterocycles. The molecule has 2 nitrogen and oxygen atoms in total. The minimum atomic E-state index is 0.435. The van der Waals surface area contributed by atoms with Gasteiger partial charge in [-0.1, -0.05) is 32.9 Å². The van der Waals surface area contributed by atoms with Crippen LogP contribution in [0.15, 0.2) is 4.52 Å². The molecule has 0 aromatic carbocycles. The topological polar surface area (TPSA) is 26.0 Å². The van der Waals surface area contributed by atoms with Crippen molar-refractivity contribution in [3.8, 4) is 0 Å². The van der Waals surface area contributed by atoms with Crippen LogP contribution < -0.4 is 0 Å². The Bertz CT molecular complexity index is 235. The van der Waals surface area contributed by atoms with E-state index >= 15 is 0 Å². The highest BCUT2D eigenvalue weighted by Crippen LogP contribution is 2.25. The Balaban J connectivity index is 3.04. The SMILES string of the molecule is Cc1c(C(C)C)noc1C(C)C. The van der Waals surface area contributed by atoms with E-state index in [2.05, 4.69) is 39.8 Å². The number of hydrogen-bond donors (Lipinski definition) is 0. The molecule has 0 amide bonds.